The first kappa shape index (κ1) is 13.0. The maximum absolute atomic E-state index is 10.4. The van der Waals surface area contributed by atoms with Crippen LogP contribution in [0.2, 0.25) is 5.02 Å². The van der Waals surface area contributed by atoms with E-state index in [-0.39, 0.29) is 0 Å². The maximum atomic E-state index is 10.4. The quantitative estimate of drug-likeness (QED) is 0.646. The molecule has 0 amide bonds. The van der Waals surface area contributed by atoms with Crippen LogP contribution in [0.1, 0.15) is 17.4 Å². The van der Waals surface area contributed by atoms with Crippen LogP contribution >= 0.6 is 34.2 Å². The van der Waals surface area contributed by atoms with Gasteiger partial charge in [0.2, 0.25) is 0 Å². The molecule has 2 aromatic carbocycles. The minimum absolute atomic E-state index is 0.529. The van der Waals surface area contributed by atoms with Gasteiger partial charge in [-0.2, -0.15) is 0 Å². The summed E-state index contributed by atoms with van der Waals surface area (Å²) in [7, 11) is 0. The summed E-state index contributed by atoms with van der Waals surface area (Å²) < 4.78 is 6.64. The number of aliphatic hydroxyl groups excluding tert-OH is 1. The van der Waals surface area contributed by atoms with Crippen LogP contribution in [0.25, 0.3) is 11.0 Å². The Hall–Kier alpha value is -1.04. The molecule has 0 aliphatic carbocycles. The maximum Gasteiger partial charge on any atom is 0.138 e. The summed E-state index contributed by atoms with van der Waals surface area (Å²) in [6.45, 7) is 0. The van der Waals surface area contributed by atoms with Crippen LogP contribution in [0.15, 0.2) is 52.9 Å². The summed E-state index contributed by atoms with van der Waals surface area (Å²) in [6.07, 6.45) is -0.807. The SMILES string of the molecule is OC(c1cc2ccccc2o1)c1cc(Cl)ccc1I. The third-order valence-corrected chi connectivity index (χ3v) is 4.18. The Morgan fingerprint density at radius 2 is 1.89 bits per heavy atom. The fraction of sp³-hybridized carbons (Fsp3) is 0.0667. The molecular weight excluding hydrogens is 375 g/mol. The zero-order chi connectivity index (χ0) is 13.4. The molecule has 0 aliphatic rings. The molecule has 0 radical (unpaired) electrons. The van der Waals surface area contributed by atoms with Gasteiger partial charge in [0.05, 0.1) is 0 Å². The smallest absolute Gasteiger partial charge is 0.138 e. The average Bonchev–Trinajstić information content (AvgIpc) is 2.84. The average molecular weight is 385 g/mol. The van der Waals surface area contributed by atoms with E-state index in [2.05, 4.69) is 22.6 Å². The summed E-state index contributed by atoms with van der Waals surface area (Å²) in [5.41, 5.74) is 1.53. The number of hydrogen-bond donors (Lipinski definition) is 1. The number of aliphatic hydroxyl groups is 1. The van der Waals surface area contributed by atoms with Crippen LogP contribution in [0.5, 0.6) is 0 Å². The van der Waals surface area contributed by atoms with Crippen LogP contribution in [0.3, 0.4) is 0 Å². The van der Waals surface area contributed by atoms with Gasteiger partial charge in [0.15, 0.2) is 0 Å². The fourth-order valence-corrected chi connectivity index (χ4v) is 2.83. The van der Waals surface area contributed by atoms with Crippen molar-refractivity contribution in [1.82, 2.24) is 0 Å². The summed E-state index contributed by atoms with van der Waals surface area (Å²) >= 11 is 8.16. The van der Waals surface area contributed by atoms with Gasteiger partial charge in [-0.25, -0.2) is 0 Å². The molecular formula is C15H10ClIO2. The lowest BCUT2D eigenvalue weighted by Crippen LogP contribution is -2.00. The second-order valence-electron chi connectivity index (χ2n) is 4.25. The van der Waals surface area contributed by atoms with Crippen LogP contribution in [-0.2, 0) is 0 Å². The number of furan rings is 1. The predicted octanol–water partition coefficient (Wildman–Crippen LogP) is 4.77. The summed E-state index contributed by atoms with van der Waals surface area (Å²) in [6, 6.07) is 15.0. The Bertz CT molecular complexity index is 703. The van der Waals surface area contributed by atoms with Gasteiger partial charge in [-0.3, -0.25) is 0 Å². The molecule has 3 aromatic rings. The highest BCUT2D eigenvalue weighted by Crippen LogP contribution is 2.31. The van der Waals surface area contributed by atoms with Gasteiger partial charge in [0.25, 0.3) is 0 Å². The molecule has 19 heavy (non-hydrogen) atoms. The Morgan fingerprint density at radius 1 is 1.11 bits per heavy atom. The molecule has 0 bridgehead atoms. The second kappa shape index (κ2) is 5.15. The highest BCUT2D eigenvalue weighted by molar-refractivity contribution is 14.1. The molecule has 0 saturated carbocycles. The molecule has 0 aliphatic heterocycles. The van der Waals surface area contributed by atoms with Gasteiger partial charge in [-0.15, -0.1) is 0 Å². The van der Waals surface area contributed by atoms with E-state index < -0.39 is 6.10 Å². The highest BCUT2D eigenvalue weighted by Gasteiger charge is 2.18. The molecule has 0 fully saturated rings. The first-order valence-corrected chi connectivity index (χ1v) is 7.22. The fourth-order valence-electron chi connectivity index (χ4n) is 2.01. The van der Waals surface area contributed by atoms with Crippen molar-refractivity contribution >= 4 is 45.2 Å². The third kappa shape index (κ3) is 2.50. The van der Waals surface area contributed by atoms with Gasteiger partial charge in [-0.1, -0.05) is 29.8 Å². The first-order chi connectivity index (χ1) is 9.15. The number of halogens is 2. The normalized spacial score (nSPS) is 12.8. The Balaban J connectivity index is 2.07. The van der Waals surface area contributed by atoms with Gasteiger partial charge < -0.3 is 9.52 Å². The third-order valence-electron chi connectivity index (χ3n) is 2.97. The number of fused-ring (bicyclic) bond motifs is 1. The standard InChI is InChI=1S/C15H10ClIO2/c16-10-5-6-12(17)11(8-10)15(18)14-7-9-3-1-2-4-13(9)19-14/h1-8,15,18H. The van der Waals surface area contributed by atoms with Crippen molar-refractivity contribution in [2.75, 3.05) is 0 Å². The van der Waals surface area contributed by atoms with Crippen molar-refractivity contribution in [2.24, 2.45) is 0 Å². The lowest BCUT2D eigenvalue weighted by atomic mass is 10.1. The van der Waals surface area contributed by atoms with E-state index in [1.54, 1.807) is 12.1 Å². The van der Waals surface area contributed by atoms with E-state index >= 15 is 0 Å². The van der Waals surface area contributed by atoms with E-state index in [9.17, 15) is 5.11 Å². The van der Waals surface area contributed by atoms with E-state index in [1.807, 2.05) is 36.4 Å². The molecule has 3 rings (SSSR count). The van der Waals surface area contributed by atoms with E-state index in [4.69, 9.17) is 16.0 Å². The molecule has 0 spiro atoms. The molecule has 1 heterocycles. The molecule has 4 heteroatoms. The van der Waals surface area contributed by atoms with Crippen LogP contribution in [0, 0.1) is 3.57 Å². The minimum Gasteiger partial charge on any atom is -0.458 e. The van der Waals surface area contributed by atoms with Crippen molar-refractivity contribution in [3.8, 4) is 0 Å². The van der Waals surface area contributed by atoms with Crippen LogP contribution in [0.4, 0.5) is 0 Å². The summed E-state index contributed by atoms with van der Waals surface area (Å²) in [5, 5.41) is 12.0. The molecule has 1 unspecified atom stereocenters. The molecule has 96 valence electrons. The molecule has 1 aromatic heterocycles. The van der Waals surface area contributed by atoms with E-state index in [1.165, 1.54) is 0 Å². The first-order valence-electron chi connectivity index (χ1n) is 5.76. The molecule has 2 nitrogen and oxygen atoms in total. The molecule has 0 saturated heterocycles. The van der Waals surface area contributed by atoms with Crippen molar-refractivity contribution in [2.45, 2.75) is 6.10 Å². The zero-order valence-electron chi connectivity index (χ0n) is 9.81. The number of benzene rings is 2. The Morgan fingerprint density at radius 3 is 2.68 bits per heavy atom. The van der Waals surface area contributed by atoms with Crippen molar-refractivity contribution in [3.63, 3.8) is 0 Å². The van der Waals surface area contributed by atoms with Gasteiger partial charge in [0.1, 0.15) is 17.4 Å². The molecule has 1 atom stereocenters. The largest absolute Gasteiger partial charge is 0.458 e. The van der Waals surface area contributed by atoms with Crippen molar-refractivity contribution < 1.29 is 9.52 Å². The van der Waals surface area contributed by atoms with Gasteiger partial charge >= 0.3 is 0 Å². The predicted molar refractivity (Wildman–Crippen MR) is 84.4 cm³/mol. The van der Waals surface area contributed by atoms with Crippen LogP contribution < -0.4 is 0 Å². The summed E-state index contributed by atoms with van der Waals surface area (Å²) in [4.78, 5) is 0. The summed E-state index contributed by atoms with van der Waals surface area (Å²) in [5.74, 6) is 0.529. The number of rotatable bonds is 2. The highest BCUT2D eigenvalue weighted by atomic mass is 127. The van der Waals surface area contributed by atoms with Crippen molar-refractivity contribution in [1.29, 1.82) is 0 Å². The van der Waals surface area contributed by atoms with E-state index in [0.717, 1.165) is 20.1 Å². The van der Waals surface area contributed by atoms with Gasteiger partial charge in [0, 0.05) is 19.5 Å². The van der Waals surface area contributed by atoms with Crippen LogP contribution in [-0.4, -0.2) is 5.11 Å². The number of hydrogen-bond acceptors (Lipinski definition) is 2. The minimum atomic E-state index is -0.807. The monoisotopic (exact) mass is 384 g/mol. The number of para-hydroxylation sites is 1. The molecule has 1 N–H and O–H groups in total. The zero-order valence-corrected chi connectivity index (χ0v) is 12.7. The lowest BCUT2D eigenvalue weighted by Gasteiger charge is -2.10. The Kier molecular flexibility index (Phi) is 3.52. The van der Waals surface area contributed by atoms with Crippen molar-refractivity contribution in [3.05, 3.63) is 68.4 Å². The van der Waals surface area contributed by atoms with E-state index in [0.29, 0.717) is 10.8 Å². The Labute approximate surface area is 129 Å². The topological polar surface area (TPSA) is 33.4 Å². The lowest BCUT2D eigenvalue weighted by molar-refractivity contribution is 0.191. The van der Waals surface area contributed by atoms with Gasteiger partial charge in [-0.05, 0) is 52.9 Å². The second-order valence-corrected chi connectivity index (χ2v) is 5.85.